The van der Waals surface area contributed by atoms with Gasteiger partial charge in [0.1, 0.15) is 0 Å². The Kier molecular flexibility index (Phi) is 4.81. The second-order valence-electron chi connectivity index (χ2n) is 5.19. The highest BCUT2D eigenvalue weighted by molar-refractivity contribution is 4.94. The van der Waals surface area contributed by atoms with E-state index >= 15 is 0 Å². The predicted octanol–water partition coefficient (Wildman–Crippen LogP) is 2.48. The van der Waals surface area contributed by atoms with E-state index in [1.54, 1.807) is 0 Å². The van der Waals surface area contributed by atoms with Gasteiger partial charge in [-0.15, -0.1) is 6.58 Å². The molecule has 2 N–H and O–H groups in total. The molecule has 1 aliphatic carbocycles. The fourth-order valence-corrected chi connectivity index (χ4v) is 2.50. The van der Waals surface area contributed by atoms with Crippen molar-refractivity contribution in [1.29, 1.82) is 0 Å². The Hall–Kier alpha value is -0.340. The smallest absolute Gasteiger partial charge is 0.0499 e. The first-order valence-corrected chi connectivity index (χ1v) is 6.10. The standard InChI is InChI=1S/C13H25NO/c1-4-5-7-11(2)14-12-8-6-9-13(12,3)10-15/h4,11-12,14-15H,1,5-10H2,2-3H3/t11-,12+,13+/m0/s1. The molecule has 1 fully saturated rings. The molecule has 88 valence electrons. The summed E-state index contributed by atoms with van der Waals surface area (Å²) >= 11 is 0. The van der Waals surface area contributed by atoms with Crippen molar-refractivity contribution >= 4 is 0 Å². The van der Waals surface area contributed by atoms with Crippen LogP contribution in [0, 0.1) is 5.41 Å². The zero-order valence-corrected chi connectivity index (χ0v) is 10.1. The summed E-state index contributed by atoms with van der Waals surface area (Å²) in [5.41, 5.74) is 0.0996. The van der Waals surface area contributed by atoms with Gasteiger partial charge in [-0.25, -0.2) is 0 Å². The van der Waals surface area contributed by atoms with Crippen LogP contribution in [0.5, 0.6) is 0 Å². The van der Waals surface area contributed by atoms with Gasteiger partial charge in [0.2, 0.25) is 0 Å². The largest absolute Gasteiger partial charge is 0.396 e. The predicted molar refractivity (Wildman–Crippen MR) is 64.9 cm³/mol. The van der Waals surface area contributed by atoms with Gasteiger partial charge in [-0.2, -0.15) is 0 Å². The molecule has 0 unspecified atom stereocenters. The van der Waals surface area contributed by atoms with E-state index < -0.39 is 0 Å². The molecule has 0 aromatic carbocycles. The fraction of sp³-hybridized carbons (Fsp3) is 0.846. The Bertz CT molecular complexity index is 205. The van der Waals surface area contributed by atoms with E-state index in [2.05, 4.69) is 25.7 Å². The zero-order chi connectivity index (χ0) is 11.3. The van der Waals surface area contributed by atoms with Crippen LogP contribution in [0.15, 0.2) is 12.7 Å². The molecule has 0 radical (unpaired) electrons. The van der Waals surface area contributed by atoms with Crippen LogP contribution in [0.2, 0.25) is 0 Å². The van der Waals surface area contributed by atoms with E-state index in [4.69, 9.17) is 0 Å². The molecule has 0 heterocycles. The number of aliphatic hydroxyl groups excluding tert-OH is 1. The van der Waals surface area contributed by atoms with Crippen molar-refractivity contribution in [1.82, 2.24) is 5.32 Å². The highest BCUT2D eigenvalue weighted by atomic mass is 16.3. The molecule has 0 spiro atoms. The van der Waals surface area contributed by atoms with Gasteiger partial charge >= 0.3 is 0 Å². The van der Waals surface area contributed by atoms with Crippen LogP contribution in [0.4, 0.5) is 0 Å². The summed E-state index contributed by atoms with van der Waals surface area (Å²) in [5, 5.41) is 13.1. The number of rotatable bonds is 6. The van der Waals surface area contributed by atoms with Gasteiger partial charge < -0.3 is 10.4 Å². The molecule has 0 amide bonds. The number of allylic oxidation sites excluding steroid dienone is 1. The van der Waals surface area contributed by atoms with Crippen molar-refractivity contribution < 1.29 is 5.11 Å². The normalized spacial score (nSPS) is 32.9. The van der Waals surface area contributed by atoms with Crippen molar-refractivity contribution in [3.8, 4) is 0 Å². The molecule has 15 heavy (non-hydrogen) atoms. The maximum absolute atomic E-state index is 9.43. The summed E-state index contributed by atoms with van der Waals surface area (Å²) in [5.74, 6) is 0. The maximum atomic E-state index is 9.43. The van der Waals surface area contributed by atoms with Crippen molar-refractivity contribution in [3.05, 3.63) is 12.7 Å². The van der Waals surface area contributed by atoms with Gasteiger partial charge in [0.05, 0.1) is 0 Å². The summed E-state index contributed by atoms with van der Waals surface area (Å²) in [6.07, 6.45) is 7.77. The van der Waals surface area contributed by atoms with E-state index in [1.807, 2.05) is 6.08 Å². The first-order valence-electron chi connectivity index (χ1n) is 6.10. The molecule has 2 nitrogen and oxygen atoms in total. The molecule has 2 heteroatoms. The Morgan fingerprint density at radius 3 is 3.00 bits per heavy atom. The molecule has 0 saturated heterocycles. The first kappa shape index (κ1) is 12.7. The monoisotopic (exact) mass is 211 g/mol. The number of aliphatic hydroxyl groups is 1. The molecule has 1 saturated carbocycles. The lowest BCUT2D eigenvalue weighted by atomic mass is 9.85. The van der Waals surface area contributed by atoms with Gasteiger partial charge in [0.15, 0.2) is 0 Å². The van der Waals surface area contributed by atoms with Crippen LogP contribution >= 0.6 is 0 Å². The van der Waals surface area contributed by atoms with E-state index in [0.29, 0.717) is 18.7 Å². The van der Waals surface area contributed by atoms with Crippen LogP contribution in [-0.2, 0) is 0 Å². The van der Waals surface area contributed by atoms with E-state index in [0.717, 1.165) is 19.3 Å². The number of hydrogen-bond donors (Lipinski definition) is 2. The highest BCUT2D eigenvalue weighted by Gasteiger charge is 2.38. The lowest BCUT2D eigenvalue weighted by Crippen LogP contribution is -2.45. The lowest BCUT2D eigenvalue weighted by Gasteiger charge is -2.32. The van der Waals surface area contributed by atoms with Crippen molar-refractivity contribution in [2.75, 3.05) is 6.61 Å². The van der Waals surface area contributed by atoms with Crippen LogP contribution in [0.25, 0.3) is 0 Å². The average molecular weight is 211 g/mol. The summed E-state index contributed by atoms with van der Waals surface area (Å²) in [7, 11) is 0. The Morgan fingerprint density at radius 2 is 2.40 bits per heavy atom. The average Bonchev–Trinajstić information content (AvgIpc) is 2.58. The lowest BCUT2D eigenvalue weighted by molar-refractivity contribution is 0.114. The molecule has 3 atom stereocenters. The van der Waals surface area contributed by atoms with Crippen LogP contribution in [0.1, 0.15) is 46.0 Å². The second kappa shape index (κ2) is 5.66. The fourth-order valence-electron chi connectivity index (χ4n) is 2.50. The summed E-state index contributed by atoms with van der Waals surface area (Å²) in [4.78, 5) is 0. The van der Waals surface area contributed by atoms with Gasteiger partial charge in [0, 0.05) is 24.1 Å². The van der Waals surface area contributed by atoms with Crippen molar-refractivity contribution in [2.24, 2.45) is 5.41 Å². The topological polar surface area (TPSA) is 32.3 Å². The molecule has 0 aromatic rings. The van der Waals surface area contributed by atoms with Gasteiger partial charge in [-0.05, 0) is 32.6 Å². The SMILES string of the molecule is C=CCC[C@H](C)N[C@@H]1CCC[C@]1(C)CO. The molecule has 0 aromatic heterocycles. The molecule has 1 aliphatic rings. The third-order valence-electron chi connectivity index (χ3n) is 3.73. The Morgan fingerprint density at radius 1 is 1.67 bits per heavy atom. The maximum Gasteiger partial charge on any atom is 0.0499 e. The highest BCUT2D eigenvalue weighted by Crippen LogP contribution is 2.37. The molecule has 1 rings (SSSR count). The minimum absolute atomic E-state index is 0.0996. The number of hydrogen-bond acceptors (Lipinski definition) is 2. The summed E-state index contributed by atoms with van der Waals surface area (Å²) in [6.45, 7) is 8.46. The van der Waals surface area contributed by atoms with E-state index in [9.17, 15) is 5.11 Å². The minimum Gasteiger partial charge on any atom is -0.396 e. The van der Waals surface area contributed by atoms with Gasteiger partial charge in [-0.1, -0.05) is 19.4 Å². The Balaban J connectivity index is 2.39. The van der Waals surface area contributed by atoms with Gasteiger partial charge in [-0.3, -0.25) is 0 Å². The summed E-state index contributed by atoms with van der Waals surface area (Å²) < 4.78 is 0. The molecule has 0 bridgehead atoms. The molecular formula is C13H25NO. The Labute approximate surface area is 93.8 Å². The van der Waals surface area contributed by atoms with Gasteiger partial charge in [0.25, 0.3) is 0 Å². The quantitative estimate of drug-likeness (QED) is 0.662. The minimum atomic E-state index is 0.0996. The van der Waals surface area contributed by atoms with Crippen LogP contribution in [-0.4, -0.2) is 23.8 Å². The molecular weight excluding hydrogens is 186 g/mol. The van der Waals surface area contributed by atoms with Crippen molar-refractivity contribution in [3.63, 3.8) is 0 Å². The van der Waals surface area contributed by atoms with E-state index in [-0.39, 0.29) is 5.41 Å². The van der Waals surface area contributed by atoms with Crippen LogP contribution < -0.4 is 5.32 Å². The van der Waals surface area contributed by atoms with Crippen LogP contribution in [0.3, 0.4) is 0 Å². The second-order valence-corrected chi connectivity index (χ2v) is 5.19. The first-order chi connectivity index (χ1) is 7.12. The third-order valence-corrected chi connectivity index (χ3v) is 3.73. The number of nitrogens with one attached hydrogen (secondary N) is 1. The summed E-state index contributed by atoms with van der Waals surface area (Å²) in [6, 6.07) is 1.01. The molecule has 0 aliphatic heterocycles. The third kappa shape index (κ3) is 3.32. The van der Waals surface area contributed by atoms with Crippen molar-refractivity contribution in [2.45, 2.75) is 58.0 Å². The van der Waals surface area contributed by atoms with E-state index in [1.165, 1.54) is 12.8 Å². The zero-order valence-electron chi connectivity index (χ0n) is 10.1.